The Labute approximate surface area is 101 Å². The van der Waals surface area contributed by atoms with Crippen LogP contribution in [0.2, 0.25) is 0 Å². The quantitative estimate of drug-likeness (QED) is 0.491. The van der Waals surface area contributed by atoms with Gasteiger partial charge >= 0.3 is 0 Å². The average Bonchev–Trinajstić information content (AvgIpc) is 2.22. The van der Waals surface area contributed by atoms with E-state index in [0.29, 0.717) is 5.92 Å². The molecule has 0 aliphatic heterocycles. The summed E-state index contributed by atoms with van der Waals surface area (Å²) in [5.41, 5.74) is -0.941. The number of alkyl halides is 2. The highest BCUT2D eigenvalue weighted by Crippen LogP contribution is 2.15. The predicted molar refractivity (Wildman–Crippen MR) is 62.9 cm³/mol. The van der Waals surface area contributed by atoms with E-state index in [2.05, 4.69) is 19.1 Å². The first kappa shape index (κ1) is 16.0. The highest BCUT2D eigenvalue weighted by Gasteiger charge is 2.20. The first-order valence-corrected chi connectivity index (χ1v) is 5.68. The predicted octanol–water partition coefficient (Wildman–Crippen LogP) is 4.18. The lowest BCUT2D eigenvalue weighted by atomic mass is 10.00. The summed E-state index contributed by atoms with van der Waals surface area (Å²) in [5.74, 6) is 0.550. The van der Waals surface area contributed by atoms with Crippen LogP contribution in [0.15, 0.2) is 17.0 Å². The summed E-state index contributed by atoms with van der Waals surface area (Å²) in [7, 11) is 0. The number of rotatable bonds is 7. The fraction of sp³-hybridized carbons (Fsp3) is 0.750. The molecule has 2 nitrogen and oxygen atoms in total. The van der Waals surface area contributed by atoms with E-state index in [0.717, 1.165) is 6.42 Å². The second-order valence-electron chi connectivity index (χ2n) is 4.47. The van der Waals surface area contributed by atoms with Crippen molar-refractivity contribution in [2.24, 2.45) is 17.1 Å². The number of hydrogen-bond donors (Lipinski definition) is 0. The smallest absolute Gasteiger partial charge is 0.286 e. The van der Waals surface area contributed by atoms with Crippen molar-refractivity contribution in [3.05, 3.63) is 11.8 Å². The van der Waals surface area contributed by atoms with E-state index in [9.17, 15) is 13.3 Å². The zero-order valence-electron chi connectivity index (χ0n) is 10.7. The molecule has 0 heterocycles. The Bertz CT molecular complexity index is 275. The summed E-state index contributed by atoms with van der Waals surface area (Å²) >= 11 is 0. The first-order chi connectivity index (χ1) is 7.92. The standard InChI is InChI=1S/C12H20F3NO/c1-5-10(11(16-15)12(13)14)17-7-9(4)6-8(2)3/h5,8-9,12H,6-7H2,1-4H3/b10-5+,16-11?/t9-/m1/s1. The van der Waals surface area contributed by atoms with Gasteiger partial charge in [-0.25, -0.2) is 8.78 Å². The normalized spacial score (nSPS) is 15.6. The van der Waals surface area contributed by atoms with Crippen molar-refractivity contribution < 1.29 is 18.0 Å². The highest BCUT2D eigenvalue weighted by molar-refractivity contribution is 6.00. The van der Waals surface area contributed by atoms with Gasteiger partial charge < -0.3 is 4.74 Å². The molecule has 0 aromatic carbocycles. The van der Waals surface area contributed by atoms with Crippen LogP contribution >= 0.6 is 0 Å². The van der Waals surface area contributed by atoms with Crippen LogP contribution in [-0.4, -0.2) is 18.7 Å². The summed E-state index contributed by atoms with van der Waals surface area (Å²) < 4.78 is 42.0. The lowest BCUT2D eigenvalue weighted by Gasteiger charge is -2.16. The minimum absolute atomic E-state index is 0.182. The second-order valence-corrected chi connectivity index (χ2v) is 4.47. The molecule has 0 aliphatic carbocycles. The fourth-order valence-electron chi connectivity index (χ4n) is 1.60. The summed E-state index contributed by atoms with van der Waals surface area (Å²) in [5, 5.41) is 2.07. The molecule has 0 amide bonds. The van der Waals surface area contributed by atoms with Crippen LogP contribution in [0.1, 0.15) is 34.1 Å². The Morgan fingerprint density at radius 2 is 1.88 bits per heavy atom. The van der Waals surface area contributed by atoms with Crippen LogP contribution in [0.4, 0.5) is 13.3 Å². The van der Waals surface area contributed by atoms with Gasteiger partial charge in [0.15, 0.2) is 5.71 Å². The molecule has 0 saturated carbocycles. The molecule has 0 aromatic rings. The Balaban J connectivity index is 4.34. The molecule has 0 spiro atoms. The van der Waals surface area contributed by atoms with E-state index in [4.69, 9.17) is 4.74 Å². The summed E-state index contributed by atoms with van der Waals surface area (Å²) in [4.78, 5) is 0. The third-order valence-corrected chi connectivity index (χ3v) is 2.21. The van der Waals surface area contributed by atoms with Gasteiger partial charge in [0.1, 0.15) is 5.76 Å². The molecular weight excluding hydrogens is 231 g/mol. The lowest BCUT2D eigenvalue weighted by molar-refractivity contribution is 0.161. The molecule has 1 atom stereocenters. The van der Waals surface area contributed by atoms with Crippen LogP contribution in [-0.2, 0) is 4.74 Å². The van der Waals surface area contributed by atoms with Gasteiger partial charge in [0.2, 0.25) is 0 Å². The van der Waals surface area contributed by atoms with Gasteiger partial charge in [-0.2, -0.15) is 0 Å². The Kier molecular flexibility index (Phi) is 7.66. The topological polar surface area (TPSA) is 21.6 Å². The molecule has 0 aromatic heterocycles. The van der Waals surface area contributed by atoms with Gasteiger partial charge in [-0.05, 0) is 31.3 Å². The summed E-state index contributed by atoms with van der Waals surface area (Å²) in [6.07, 6.45) is -0.743. The molecular formula is C12H20F3NO. The number of ether oxygens (including phenoxy) is 1. The average molecular weight is 251 g/mol. The van der Waals surface area contributed by atoms with E-state index < -0.39 is 12.1 Å². The SMILES string of the molecule is C/C=C(/OC[C@H](C)CC(C)C)C(=NF)C(F)F. The van der Waals surface area contributed by atoms with Crippen LogP contribution in [0.5, 0.6) is 0 Å². The van der Waals surface area contributed by atoms with Crippen LogP contribution in [0, 0.1) is 11.8 Å². The van der Waals surface area contributed by atoms with Gasteiger partial charge in [0.05, 0.1) is 6.61 Å². The van der Waals surface area contributed by atoms with E-state index in [1.807, 2.05) is 6.92 Å². The third-order valence-electron chi connectivity index (χ3n) is 2.21. The summed E-state index contributed by atoms with van der Waals surface area (Å²) in [6.45, 7) is 7.89. The van der Waals surface area contributed by atoms with Gasteiger partial charge in [0.25, 0.3) is 6.43 Å². The molecule has 0 rings (SSSR count). The molecule has 0 saturated heterocycles. The monoisotopic (exact) mass is 251 g/mol. The van der Waals surface area contributed by atoms with Gasteiger partial charge in [-0.15, -0.1) is 0 Å². The van der Waals surface area contributed by atoms with E-state index >= 15 is 0 Å². The van der Waals surface area contributed by atoms with Crippen LogP contribution < -0.4 is 0 Å². The molecule has 0 fully saturated rings. The molecule has 100 valence electrons. The summed E-state index contributed by atoms with van der Waals surface area (Å²) in [6, 6.07) is 0. The zero-order valence-corrected chi connectivity index (χ0v) is 10.7. The largest absolute Gasteiger partial charge is 0.491 e. The van der Waals surface area contributed by atoms with Crippen molar-refractivity contribution in [1.82, 2.24) is 0 Å². The fourth-order valence-corrected chi connectivity index (χ4v) is 1.60. The lowest BCUT2D eigenvalue weighted by Crippen LogP contribution is -2.18. The van der Waals surface area contributed by atoms with Gasteiger partial charge in [-0.3, -0.25) is 0 Å². The van der Waals surface area contributed by atoms with Gasteiger partial charge in [0, 0.05) is 0 Å². The van der Waals surface area contributed by atoms with Crippen LogP contribution in [0.25, 0.3) is 0 Å². The van der Waals surface area contributed by atoms with Crippen molar-refractivity contribution in [2.45, 2.75) is 40.5 Å². The maximum absolute atomic E-state index is 12.4. The Morgan fingerprint density at radius 1 is 1.29 bits per heavy atom. The van der Waals surface area contributed by atoms with Crippen molar-refractivity contribution in [3.8, 4) is 0 Å². The first-order valence-electron chi connectivity index (χ1n) is 5.68. The molecule has 0 N–H and O–H groups in total. The van der Waals surface area contributed by atoms with E-state index in [1.165, 1.54) is 13.0 Å². The molecule has 0 aliphatic rings. The number of allylic oxidation sites excluding steroid dienone is 2. The number of hydrogen-bond acceptors (Lipinski definition) is 2. The van der Waals surface area contributed by atoms with Crippen LogP contribution in [0.3, 0.4) is 0 Å². The minimum Gasteiger partial charge on any atom is -0.491 e. The Morgan fingerprint density at radius 3 is 2.24 bits per heavy atom. The minimum atomic E-state index is -2.97. The second kappa shape index (κ2) is 8.14. The number of nitrogens with zero attached hydrogens (tertiary/aromatic N) is 1. The molecule has 0 unspecified atom stereocenters. The van der Waals surface area contributed by atoms with E-state index in [1.54, 1.807) is 0 Å². The Hall–Kier alpha value is -1.00. The van der Waals surface area contributed by atoms with Crippen molar-refractivity contribution in [2.75, 3.05) is 6.61 Å². The third kappa shape index (κ3) is 6.34. The number of halogens is 3. The van der Waals surface area contributed by atoms with Gasteiger partial charge in [-0.1, -0.05) is 30.5 Å². The molecule has 0 bridgehead atoms. The highest BCUT2D eigenvalue weighted by atomic mass is 19.3. The molecule has 17 heavy (non-hydrogen) atoms. The van der Waals surface area contributed by atoms with Crippen molar-refractivity contribution in [3.63, 3.8) is 0 Å². The zero-order chi connectivity index (χ0) is 13.4. The maximum Gasteiger partial charge on any atom is 0.286 e. The molecule has 0 radical (unpaired) electrons. The molecule has 5 heteroatoms. The van der Waals surface area contributed by atoms with Crippen molar-refractivity contribution in [1.29, 1.82) is 0 Å². The van der Waals surface area contributed by atoms with Crippen molar-refractivity contribution >= 4 is 5.71 Å². The maximum atomic E-state index is 12.4. The van der Waals surface area contributed by atoms with E-state index in [-0.39, 0.29) is 18.3 Å².